The number of rotatable bonds is 11. The van der Waals surface area contributed by atoms with Gasteiger partial charge in [-0.05, 0) is 87.1 Å². The summed E-state index contributed by atoms with van der Waals surface area (Å²) in [6.45, 7) is 21.8. The van der Waals surface area contributed by atoms with E-state index in [1.807, 2.05) is 26.1 Å². The third-order valence-corrected chi connectivity index (χ3v) is 13.4. The highest BCUT2D eigenvalue weighted by Gasteiger charge is 2.40. The van der Waals surface area contributed by atoms with Crippen LogP contribution < -0.4 is 9.16 Å². The van der Waals surface area contributed by atoms with Gasteiger partial charge in [0, 0.05) is 23.9 Å². The molecule has 196 valence electrons. The van der Waals surface area contributed by atoms with E-state index >= 15 is 0 Å². The molecule has 0 atom stereocenters. The summed E-state index contributed by atoms with van der Waals surface area (Å²) in [6, 6.07) is 4.18. The molecule has 0 amide bonds. The van der Waals surface area contributed by atoms with Gasteiger partial charge in [0.2, 0.25) is 0 Å². The number of benzene rings is 1. The van der Waals surface area contributed by atoms with Gasteiger partial charge in [0.05, 0.1) is 26.5 Å². The Morgan fingerprint density at radius 2 is 1.60 bits per heavy atom. The molecule has 0 saturated carbocycles. The minimum Gasteiger partial charge on any atom is -0.541 e. The summed E-state index contributed by atoms with van der Waals surface area (Å²) in [5.41, 5.74) is 6.25. The number of hydrogen-bond acceptors (Lipinski definition) is 6. The average molecular weight is 522 g/mol. The van der Waals surface area contributed by atoms with Crippen LogP contribution in [0.5, 0.6) is 11.5 Å². The molecule has 1 aromatic carbocycles. The minimum atomic E-state index is -3.11. The second-order valence-corrected chi connectivity index (χ2v) is 17.4. The SMILES string of the molecule is CCOP(=O)(CCc1ncc(-c2cc(C)c(O[Si](C)(C)C(C)(C)C)c(OC)c2)c(C)c1C)OCC. The van der Waals surface area contributed by atoms with Crippen LogP contribution in [0.15, 0.2) is 18.3 Å². The van der Waals surface area contributed by atoms with Crippen LogP contribution in [-0.4, -0.2) is 39.8 Å². The van der Waals surface area contributed by atoms with E-state index in [-0.39, 0.29) is 5.04 Å². The first-order valence-corrected chi connectivity index (χ1v) is 17.0. The fourth-order valence-electron chi connectivity index (χ4n) is 3.69. The van der Waals surface area contributed by atoms with Crippen molar-refractivity contribution in [3.63, 3.8) is 0 Å². The van der Waals surface area contributed by atoms with Gasteiger partial charge in [-0.2, -0.15) is 0 Å². The Kier molecular flexibility index (Phi) is 9.79. The molecular formula is C27H44NO5PSi. The number of aryl methyl sites for hydroxylation is 2. The highest BCUT2D eigenvalue weighted by Crippen LogP contribution is 2.48. The summed E-state index contributed by atoms with van der Waals surface area (Å²) in [5, 5.41) is 0.0882. The van der Waals surface area contributed by atoms with Crippen molar-refractivity contribution in [2.24, 2.45) is 0 Å². The zero-order chi connectivity index (χ0) is 26.6. The first kappa shape index (κ1) is 29.6. The van der Waals surface area contributed by atoms with Crippen LogP contribution in [0.3, 0.4) is 0 Å². The van der Waals surface area contributed by atoms with E-state index in [9.17, 15) is 4.57 Å². The number of methoxy groups -OCH3 is 1. The molecule has 0 bridgehead atoms. The Balaban J connectivity index is 2.41. The molecular weight excluding hydrogens is 477 g/mol. The number of ether oxygens (including phenoxy) is 1. The van der Waals surface area contributed by atoms with E-state index < -0.39 is 15.9 Å². The van der Waals surface area contributed by atoms with Gasteiger partial charge < -0.3 is 18.2 Å². The number of pyridine rings is 1. The average Bonchev–Trinajstić information content (AvgIpc) is 2.75. The van der Waals surface area contributed by atoms with E-state index in [2.05, 4.69) is 60.7 Å². The van der Waals surface area contributed by atoms with Gasteiger partial charge in [-0.1, -0.05) is 20.8 Å². The van der Waals surface area contributed by atoms with Crippen molar-refractivity contribution in [1.29, 1.82) is 0 Å². The summed E-state index contributed by atoms with van der Waals surface area (Å²) >= 11 is 0. The molecule has 6 nitrogen and oxygen atoms in total. The van der Waals surface area contributed by atoms with Crippen LogP contribution in [0.4, 0.5) is 0 Å². The van der Waals surface area contributed by atoms with Gasteiger partial charge in [0.25, 0.3) is 8.32 Å². The molecule has 1 heterocycles. The van der Waals surface area contributed by atoms with Crippen LogP contribution in [0.2, 0.25) is 18.1 Å². The van der Waals surface area contributed by atoms with Crippen LogP contribution in [-0.2, 0) is 20.0 Å². The Bertz CT molecular complexity index is 1070. The topological polar surface area (TPSA) is 66.9 Å². The molecule has 0 N–H and O–H groups in total. The second kappa shape index (κ2) is 11.6. The lowest BCUT2D eigenvalue weighted by Gasteiger charge is -2.37. The molecule has 0 spiro atoms. The number of aromatic nitrogens is 1. The van der Waals surface area contributed by atoms with E-state index in [0.717, 1.165) is 45.0 Å². The molecule has 0 fully saturated rings. The summed E-state index contributed by atoms with van der Waals surface area (Å²) in [5.74, 6) is 1.56. The van der Waals surface area contributed by atoms with Crippen molar-refractivity contribution in [2.75, 3.05) is 26.5 Å². The number of nitrogens with zero attached hydrogens (tertiary/aromatic N) is 1. The molecule has 8 heteroatoms. The molecule has 2 aromatic rings. The van der Waals surface area contributed by atoms with Crippen molar-refractivity contribution in [3.8, 4) is 22.6 Å². The monoisotopic (exact) mass is 521 g/mol. The Labute approximate surface area is 213 Å². The van der Waals surface area contributed by atoms with Crippen molar-refractivity contribution in [1.82, 2.24) is 4.98 Å². The maximum absolute atomic E-state index is 12.9. The fraction of sp³-hybridized carbons (Fsp3) is 0.593. The lowest BCUT2D eigenvalue weighted by Crippen LogP contribution is -2.44. The molecule has 0 aliphatic rings. The maximum atomic E-state index is 12.9. The Morgan fingerprint density at radius 1 is 1.00 bits per heavy atom. The molecule has 1 aromatic heterocycles. The highest BCUT2D eigenvalue weighted by atomic mass is 31.2. The van der Waals surface area contributed by atoms with Crippen LogP contribution in [0.1, 0.15) is 57.0 Å². The normalized spacial score (nSPS) is 12.7. The van der Waals surface area contributed by atoms with Crippen molar-refractivity contribution in [3.05, 3.63) is 40.7 Å². The first-order chi connectivity index (χ1) is 16.2. The van der Waals surface area contributed by atoms with Gasteiger partial charge in [-0.25, -0.2) is 0 Å². The van der Waals surface area contributed by atoms with E-state index in [0.29, 0.717) is 25.8 Å². The van der Waals surface area contributed by atoms with Gasteiger partial charge in [0.15, 0.2) is 5.75 Å². The molecule has 0 saturated heterocycles. The highest BCUT2D eigenvalue weighted by molar-refractivity contribution is 7.53. The largest absolute Gasteiger partial charge is 0.541 e. The summed E-state index contributed by atoms with van der Waals surface area (Å²) in [7, 11) is -3.44. The third-order valence-electron chi connectivity index (χ3n) is 6.96. The van der Waals surface area contributed by atoms with Gasteiger partial charge >= 0.3 is 7.60 Å². The zero-order valence-electron chi connectivity index (χ0n) is 23.5. The van der Waals surface area contributed by atoms with Gasteiger partial charge in [-0.3, -0.25) is 9.55 Å². The van der Waals surface area contributed by atoms with E-state index in [4.69, 9.17) is 23.2 Å². The first-order valence-electron chi connectivity index (χ1n) is 12.4. The lowest BCUT2D eigenvalue weighted by atomic mass is 9.96. The van der Waals surface area contributed by atoms with Gasteiger partial charge in [-0.15, -0.1) is 0 Å². The predicted octanol–water partition coefficient (Wildman–Crippen LogP) is 7.88. The second-order valence-electron chi connectivity index (χ2n) is 10.5. The summed E-state index contributed by atoms with van der Waals surface area (Å²) in [4.78, 5) is 4.74. The quantitative estimate of drug-likeness (QED) is 0.221. The van der Waals surface area contributed by atoms with Gasteiger partial charge in [0.1, 0.15) is 5.75 Å². The van der Waals surface area contributed by atoms with Crippen LogP contribution >= 0.6 is 7.60 Å². The van der Waals surface area contributed by atoms with Crippen molar-refractivity contribution >= 4 is 15.9 Å². The predicted molar refractivity (Wildman–Crippen MR) is 148 cm³/mol. The van der Waals surface area contributed by atoms with E-state index in [1.165, 1.54) is 0 Å². The molecule has 0 aliphatic carbocycles. The Hall–Kier alpha value is -1.66. The molecule has 2 rings (SSSR count). The standard InChI is InChI=1S/C27H44NO5PSi/c1-12-31-34(29,32-13-2)15-14-24-21(5)20(4)23(18-28-24)22-16-19(3)26(25(17-22)30-9)33-35(10,11)27(6,7)8/h16-18H,12-15H2,1-11H3. The maximum Gasteiger partial charge on any atom is 0.331 e. The minimum absolute atomic E-state index is 0.0882. The smallest absolute Gasteiger partial charge is 0.331 e. The zero-order valence-corrected chi connectivity index (χ0v) is 25.4. The summed E-state index contributed by atoms with van der Waals surface area (Å²) < 4.78 is 36.2. The molecule has 0 unspecified atom stereocenters. The summed E-state index contributed by atoms with van der Waals surface area (Å²) in [6.07, 6.45) is 2.74. The molecule has 35 heavy (non-hydrogen) atoms. The van der Waals surface area contributed by atoms with Crippen LogP contribution in [0.25, 0.3) is 11.1 Å². The molecule has 0 aliphatic heterocycles. The lowest BCUT2D eigenvalue weighted by molar-refractivity contribution is 0.220. The van der Waals surface area contributed by atoms with Crippen molar-refractivity contribution in [2.45, 2.75) is 79.9 Å². The van der Waals surface area contributed by atoms with Crippen LogP contribution in [0, 0.1) is 20.8 Å². The van der Waals surface area contributed by atoms with Crippen molar-refractivity contribution < 1.29 is 22.8 Å². The Morgan fingerprint density at radius 3 is 2.11 bits per heavy atom. The van der Waals surface area contributed by atoms with E-state index in [1.54, 1.807) is 7.11 Å². The molecule has 0 radical (unpaired) electrons. The number of hydrogen-bond donors (Lipinski definition) is 0. The fourth-order valence-corrected chi connectivity index (χ4v) is 6.37. The third kappa shape index (κ3) is 6.97.